The van der Waals surface area contributed by atoms with Gasteiger partial charge in [-0.25, -0.2) is 4.68 Å². The normalized spacial score (nSPS) is 21.8. The third-order valence-corrected chi connectivity index (χ3v) is 2.57. The fraction of sp³-hybridized carbons (Fsp3) is 0.556. The highest BCUT2D eigenvalue weighted by atomic mass is 15.3. The van der Waals surface area contributed by atoms with E-state index in [0.29, 0.717) is 17.4 Å². The Labute approximate surface area is 82.5 Å². The average Bonchev–Trinajstić information content (AvgIpc) is 2.61. The van der Waals surface area contributed by atoms with E-state index in [4.69, 9.17) is 11.0 Å². The Morgan fingerprint density at radius 3 is 3.14 bits per heavy atom. The molecular formula is C9H13N5. The first-order chi connectivity index (χ1) is 6.83. The lowest BCUT2D eigenvalue weighted by molar-refractivity contribution is 0.350. The van der Waals surface area contributed by atoms with E-state index in [1.54, 1.807) is 4.68 Å². The molecule has 1 unspecified atom stereocenters. The molecule has 5 nitrogen and oxygen atoms in total. The largest absolute Gasteiger partial charge is 0.383 e. The average molecular weight is 191 g/mol. The van der Waals surface area contributed by atoms with Crippen molar-refractivity contribution in [1.29, 1.82) is 5.26 Å². The van der Waals surface area contributed by atoms with Crippen LogP contribution in [0.1, 0.15) is 24.4 Å². The van der Waals surface area contributed by atoms with Gasteiger partial charge in [-0.3, -0.25) is 0 Å². The van der Waals surface area contributed by atoms with Gasteiger partial charge in [0, 0.05) is 6.54 Å². The van der Waals surface area contributed by atoms with Crippen LogP contribution in [0.4, 0.5) is 5.82 Å². The second-order valence-electron chi connectivity index (χ2n) is 3.50. The minimum Gasteiger partial charge on any atom is -0.383 e. The summed E-state index contributed by atoms with van der Waals surface area (Å²) in [5.41, 5.74) is 6.26. The second-order valence-corrected chi connectivity index (χ2v) is 3.50. The maximum atomic E-state index is 8.73. The molecule has 0 spiro atoms. The number of nitriles is 1. The zero-order valence-corrected chi connectivity index (χ0v) is 7.90. The van der Waals surface area contributed by atoms with Crippen LogP contribution in [0.2, 0.25) is 0 Å². The molecule has 74 valence electrons. The molecule has 0 bridgehead atoms. The van der Waals surface area contributed by atoms with Crippen LogP contribution in [0.3, 0.4) is 0 Å². The molecule has 0 aromatic carbocycles. The lowest BCUT2D eigenvalue weighted by Crippen LogP contribution is -2.32. The van der Waals surface area contributed by atoms with Gasteiger partial charge in [0.2, 0.25) is 0 Å². The number of aromatic nitrogens is 2. The Morgan fingerprint density at radius 1 is 1.71 bits per heavy atom. The van der Waals surface area contributed by atoms with Crippen molar-refractivity contribution in [1.82, 2.24) is 15.1 Å². The zero-order valence-electron chi connectivity index (χ0n) is 7.90. The van der Waals surface area contributed by atoms with Crippen LogP contribution >= 0.6 is 0 Å². The summed E-state index contributed by atoms with van der Waals surface area (Å²) in [5.74, 6) is 0.487. The highest BCUT2D eigenvalue weighted by Crippen LogP contribution is 2.21. The van der Waals surface area contributed by atoms with Gasteiger partial charge in [0.25, 0.3) is 0 Å². The van der Waals surface area contributed by atoms with Crippen molar-refractivity contribution in [3.8, 4) is 6.07 Å². The fourth-order valence-electron chi connectivity index (χ4n) is 1.79. The summed E-state index contributed by atoms with van der Waals surface area (Å²) in [7, 11) is 0. The van der Waals surface area contributed by atoms with E-state index in [0.717, 1.165) is 25.9 Å². The van der Waals surface area contributed by atoms with Gasteiger partial charge in [0.15, 0.2) is 0 Å². The molecule has 1 aromatic rings. The van der Waals surface area contributed by atoms with E-state index in [2.05, 4.69) is 10.4 Å². The molecule has 2 rings (SSSR count). The molecule has 2 heterocycles. The smallest absolute Gasteiger partial charge is 0.140 e. The third kappa shape index (κ3) is 1.44. The molecule has 5 heteroatoms. The number of anilines is 1. The summed E-state index contributed by atoms with van der Waals surface area (Å²) in [6.07, 6.45) is 3.74. The van der Waals surface area contributed by atoms with E-state index in [1.807, 2.05) is 6.07 Å². The summed E-state index contributed by atoms with van der Waals surface area (Å²) in [6.45, 7) is 1.94. The fourth-order valence-corrected chi connectivity index (χ4v) is 1.79. The van der Waals surface area contributed by atoms with Gasteiger partial charge in [0.05, 0.1) is 12.2 Å². The molecule has 1 aromatic heterocycles. The molecule has 14 heavy (non-hydrogen) atoms. The number of nitrogens with zero attached hydrogens (tertiary/aromatic N) is 3. The van der Waals surface area contributed by atoms with Crippen molar-refractivity contribution in [2.45, 2.75) is 18.9 Å². The first-order valence-electron chi connectivity index (χ1n) is 4.76. The van der Waals surface area contributed by atoms with Crippen LogP contribution in [-0.2, 0) is 0 Å². The van der Waals surface area contributed by atoms with Crippen LogP contribution in [0.25, 0.3) is 0 Å². The van der Waals surface area contributed by atoms with Crippen LogP contribution < -0.4 is 11.1 Å². The van der Waals surface area contributed by atoms with Gasteiger partial charge >= 0.3 is 0 Å². The molecule has 0 radical (unpaired) electrons. The lowest BCUT2D eigenvalue weighted by Gasteiger charge is -2.23. The standard InChI is InChI=1S/C9H13N5/c10-4-7-5-13-14(9(7)11)8-2-1-3-12-6-8/h5,8,12H,1-3,6,11H2. The molecule has 1 atom stereocenters. The first kappa shape index (κ1) is 9.03. The Balaban J connectivity index is 2.23. The molecule has 1 fully saturated rings. The van der Waals surface area contributed by atoms with E-state index in [-0.39, 0.29) is 0 Å². The Morgan fingerprint density at radius 2 is 2.57 bits per heavy atom. The van der Waals surface area contributed by atoms with E-state index in [1.165, 1.54) is 6.20 Å². The van der Waals surface area contributed by atoms with Crippen molar-refractivity contribution in [2.24, 2.45) is 0 Å². The van der Waals surface area contributed by atoms with Gasteiger partial charge < -0.3 is 11.1 Å². The van der Waals surface area contributed by atoms with Crippen molar-refractivity contribution in [3.05, 3.63) is 11.8 Å². The Hall–Kier alpha value is -1.54. The van der Waals surface area contributed by atoms with Crippen molar-refractivity contribution in [3.63, 3.8) is 0 Å². The molecule has 0 aliphatic carbocycles. The quantitative estimate of drug-likeness (QED) is 0.667. The highest BCUT2D eigenvalue weighted by molar-refractivity contribution is 5.47. The summed E-state index contributed by atoms with van der Waals surface area (Å²) in [6, 6.07) is 2.32. The Bertz CT molecular complexity index is 356. The minimum atomic E-state index is 0.297. The Kier molecular flexibility index (Phi) is 2.37. The van der Waals surface area contributed by atoms with Gasteiger partial charge in [-0.05, 0) is 19.4 Å². The monoisotopic (exact) mass is 191 g/mol. The third-order valence-electron chi connectivity index (χ3n) is 2.57. The lowest BCUT2D eigenvalue weighted by atomic mass is 10.1. The number of nitrogens with two attached hydrogens (primary N) is 1. The van der Waals surface area contributed by atoms with Gasteiger partial charge in [-0.1, -0.05) is 0 Å². The molecule has 3 N–H and O–H groups in total. The topological polar surface area (TPSA) is 79.7 Å². The summed E-state index contributed by atoms with van der Waals surface area (Å²) in [5, 5.41) is 16.2. The molecule has 0 amide bonds. The number of nitrogens with one attached hydrogen (secondary N) is 1. The van der Waals surface area contributed by atoms with Gasteiger partial charge in [0.1, 0.15) is 17.5 Å². The van der Waals surface area contributed by atoms with Crippen LogP contribution in [0.5, 0.6) is 0 Å². The van der Waals surface area contributed by atoms with Crippen LogP contribution in [-0.4, -0.2) is 22.9 Å². The summed E-state index contributed by atoms with van der Waals surface area (Å²) >= 11 is 0. The highest BCUT2D eigenvalue weighted by Gasteiger charge is 2.18. The maximum absolute atomic E-state index is 8.73. The predicted octanol–water partition coefficient (Wildman–Crippen LogP) is 0.261. The van der Waals surface area contributed by atoms with Crippen molar-refractivity contribution >= 4 is 5.82 Å². The number of hydrogen-bond acceptors (Lipinski definition) is 4. The summed E-state index contributed by atoms with van der Waals surface area (Å²) in [4.78, 5) is 0. The first-order valence-corrected chi connectivity index (χ1v) is 4.76. The van der Waals surface area contributed by atoms with E-state index >= 15 is 0 Å². The molecule has 1 aliphatic rings. The van der Waals surface area contributed by atoms with Crippen LogP contribution in [0, 0.1) is 11.3 Å². The van der Waals surface area contributed by atoms with Gasteiger partial charge in [-0.2, -0.15) is 10.4 Å². The number of hydrogen-bond donors (Lipinski definition) is 2. The predicted molar refractivity (Wildman–Crippen MR) is 52.5 cm³/mol. The SMILES string of the molecule is N#Cc1cnn(C2CCCNC2)c1N. The maximum Gasteiger partial charge on any atom is 0.140 e. The van der Waals surface area contributed by atoms with E-state index in [9.17, 15) is 0 Å². The summed E-state index contributed by atoms with van der Waals surface area (Å²) < 4.78 is 1.75. The number of piperidine rings is 1. The van der Waals surface area contributed by atoms with Crippen molar-refractivity contribution < 1.29 is 0 Å². The zero-order chi connectivity index (χ0) is 9.97. The second kappa shape index (κ2) is 3.68. The number of nitrogen functional groups attached to an aromatic ring is 1. The molecule has 1 saturated heterocycles. The number of rotatable bonds is 1. The van der Waals surface area contributed by atoms with E-state index < -0.39 is 0 Å². The van der Waals surface area contributed by atoms with Crippen LogP contribution in [0.15, 0.2) is 6.20 Å². The minimum absolute atomic E-state index is 0.297. The van der Waals surface area contributed by atoms with Gasteiger partial charge in [-0.15, -0.1) is 0 Å². The molecule has 1 aliphatic heterocycles. The molecule has 0 saturated carbocycles. The van der Waals surface area contributed by atoms with Crippen molar-refractivity contribution in [2.75, 3.05) is 18.8 Å². The molecular weight excluding hydrogens is 178 g/mol.